The number of ketones is 1. The lowest BCUT2D eigenvalue weighted by atomic mass is 9.64. The molecule has 0 heterocycles. The molecule has 0 bridgehead atoms. The molecule has 1 aromatic carbocycles. The largest absolute Gasteiger partial charge is 0.296 e. The Balaban J connectivity index is 2.44. The lowest BCUT2D eigenvalue weighted by Gasteiger charge is -2.48. The van der Waals surface area contributed by atoms with Gasteiger partial charge in [-0.15, -0.1) is 0 Å². The molecule has 0 radical (unpaired) electrons. The van der Waals surface area contributed by atoms with Gasteiger partial charge in [-0.2, -0.15) is 0 Å². The predicted octanol–water partition coefficient (Wildman–Crippen LogP) is 3.85. The van der Waals surface area contributed by atoms with E-state index in [1.165, 1.54) is 0 Å². The maximum absolute atomic E-state index is 11.4. The third-order valence-electron chi connectivity index (χ3n) is 3.02. The van der Waals surface area contributed by atoms with Crippen molar-refractivity contribution < 1.29 is 4.79 Å². The minimum atomic E-state index is -1.28. The molecule has 1 aliphatic rings. The summed E-state index contributed by atoms with van der Waals surface area (Å²) in [6, 6.07) is 7.73. The van der Waals surface area contributed by atoms with E-state index in [9.17, 15) is 4.79 Å². The number of hydrogen-bond acceptors (Lipinski definition) is 1. The molecule has 1 aromatic rings. The molecule has 1 saturated carbocycles. The molecule has 4 heteroatoms. The Kier molecular flexibility index (Phi) is 2.65. The van der Waals surface area contributed by atoms with Gasteiger partial charge in [0.15, 0.2) is 10.1 Å². The van der Waals surface area contributed by atoms with Crippen molar-refractivity contribution in [3.8, 4) is 0 Å². The summed E-state index contributed by atoms with van der Waals surface area (Å²) in [5.41, 5.74) is 0.512. The van der Waals surface area contributed by atoms with Gasteiger partial charge < -0.3 is 0 Å². The molecule has 0 spiro atoms. The van der Waals surface area contributed by atoms with Gasteiger partial charge in [-0.25, -0.2) is 0 Å². The predicted molar refractivity (Wildman–Crippen MR) is 65.6 cm³/mol. The van der Waals surface area contributed by atoms with Crippen LogP contribution in [-0.4, -0.2) is 10.1 Å². The van der Waals surface area contributed by atoms with E-state index in [0.29, 0.717) is 6.42 Å². The molecule has 1 nitrogen and oxygen atoms in total. The van der Waals surface area contributed by atoms with Gasteiger partial charge >= 0.3 is 0 Å². The van der Waals surface area contributed by atoms with Gasteiger partial charge in [0.05, 0.1) is 0 Å². The summed E-state index contributed by atoms with van der Waals surface area (Å²) in [5, 5.41) is 0. The third kappa shape index (κ3) is 1.54. The zero-order chi connectivity index (χ0) is 11.3. The molecule has 0 saturated heterocycles. The molecule has 1 fully saturated rings. The van der Waals surface area contributed by atoms with Crippen LogP contribution >= 0.6 is 39.1 Å². The Morgan fingerprint density at radius 3 is 2.53 bits per heavy atom. The number of alkyl halides is 2. The summed E-state index contributed by atoms with van der Waals surface area (Å²) in [6.07, 6.45) is 0.399. The molecule has 15 heavy (non-hydrogen) atoms. The summed E-state index contributed by atoms with van der Waals surface area (Å²) >= 11 is 15.5. The van der Waals surface area contributed by atoms with Crippen molar-refractivity contribution >= 4 is 44.9 Å². The molecular formula is C11H9BrCl2O. The minimum absolute atomic E-state index is 0.103. The molecule has 1 atom stereocenters. The highest BCUT2D eigenvalue weighted by atomic mass is 79.9. The molecule has 80 valence electrons. The number of rotatable bonds is 1. The van der Waals surface area contributed by atoms with Crippen LogP contribution in [0.1, 0.15) is 18.9 Å². The van der Waals surface area contributed by atoms with Crippen molar-refractivity contribution in [2.24, 2.45) is 0 Å². The van der Waals surface area contributed by atoms with Gasteiger partial charge in [-0.05, 0) is 17.7 Å². The zero-order valence-corrected chi connectivity index (χ0v) is 11.2. The van der Waals surface area contributed by atoms with Crippen molar-refractivity contribution in [3.63, 3.8) is 0 Å². The van der Waals surface area contributed by atoms with Crippen molar-refractivity contribution in [2.75, 3.05) is 0 Å². The van der Waals surface area contributed by atoms with Gasteiger partial charge in [0.1, 0.15) is 0 Å². The molecule has 2 rings (SSSR count). The molecule has 0 N–H and O–H groups in total. The van der Waals surface area contributed by atoms with Crippen molar-refractivity contribution in [1.29, 1.82) is 0 Å². The monoisotopic (exact) mass is 306 g/mol. The average Bonchev–Trinajstić information content (AvgIpc) is 2.17. The number of carbonyl (C=O) groups excluding carboxylic acids is 1. The lowest BCUT2D eigenvalue weighted by molar-refractivity contribution is -0.129. The first-order chi connectivity index (χ1) is 6.88. The first kappa shape index (κ1) is 11.4. The van der Waals surface area contributed by atoms with Crippen LogP contribution in [0.25, 0.3) is 0 Å². The summed E-state index contributed by atoms with van der Waals surface area (Å²) in [7, 11) is 0. The SMILES string of the molecule is CC1(c2cccc(Br)c2)CC(=O)C1(Cl)Cl. The van der Waals surface area contributed by atoms with Gasteiger partial charge in [0.25, 0.3) is 0 Å². The van der Waals surface area contributed by atoms with Crippen LogP contribution in [0.15, 0.2) is 28.7 Å². The Labute approximate surface area is 107 Å². The molecule has 0 amide bonds. The Morgan fingerprint density at radius 2 is 2.07 bits per heavy atom. The lowest BCUT2D eigenvalue weighted by Crippen LogP contribution is -2.59. The second-order valence-electron chi connectivity index (χ2n) is 4.02. The van der Waals surface area contributed by atoms with E-state index in [1.807, 2.05) is 31.2 Å². The van der Waals surface area contributed by atoms with E-state index in [0.717, 1.165) is 10.0 Å². The minimum Gasteiger partial charge on any atom is -0.296 e. The molecule has 1 aliphatic carbocycles. The van der Waals surface area contributed by atoms with Crippen LogP contribution in [0.3, 0.4) is 0 Å². The van der Waals surface area contributed by atoms with E-state index in [1.54, 1.807) is 0 Å². The average molecular weight is 308 g/mol. The van der Waals surface area contributed by atoms with Gasteiger partial charge in [0, 0.05) is 16.3 Å². The van der Waals surface area contributed by atoms with E-state index in [4.69, 9.17) is 23.2 Å². The van der Waals surface area contributed by atoms with Crippen LogP contribution in [0.2, 0.25) is 0 Å². The second-order valence-corrected chi connectivity index (χ2v) is 6.26. The summed E-state index contributed by atoms with van der Waals surface area (Å²) in [4.78, 5) is 11.4. The zero-order valence-electron chi connectivity index (χ0n) is 8.06. The fraction of sp³-hybridized carbons (Fsp3) is 0.364. The fourth-order valence-corrected chi connectivity index (χ4v) is 2.74. The van der Waals surface area contributed by atoms with Crippen LogP contribution in [0, 0.1) is 0 Å². The van der Waals surface area contributed by atoms with Crippen molar-refractivity contribution in [3.05, 3.63) is 34.3 Å². The maximum Gasteiger partial charge on any atom is 0.185 e. The number of Topliss-reactive ketones (excluding diaryl/α,β-unsaturated/α-hetero) is 1. The highest BCUT2D eigenvalue weighted by molar-refractivity contribution is 9.10. The number of hydrogen-bond donors (Lipinski definition) is 0. The molecule has 1 unspecified atom stereocenters. The van der Waals surface area contributed by atoms with Gasteiger partial charge in [-0.3, -0.25) is 4.79 Å². The third-order valence-corrected chi connectivity index (χ3v) is 4.77. The van der Waals surface area contributed by atoms with Crippen LogP contribution in [0.4, 0.5) is 0 Å². The van der Waals surface area contributed by atoms with Crippen molar-refractivity contribution in [2.45, 2.75) is 23.1 Å². The highest BCUT2D eigenvalue weighted by Crippen LogP contribution is 2.55. The second kappa shape index (κ2) is 3.47. The quantitative estimate of drug-likeness (QED) is 0.720. The van der Waals surface area contributed by atoms with Crippen molar-refractivity contribution in [1.82, 2.24) is 0 Å². The van der Waals surface area contributed by atoms with Crippen LogP contribution in [0.5, 0.6) is 0 Å². The van der Waals surface area contributed by atoms with E-state index < -0.39 is 9.75 Å². The number of benzene rings is 1. The van der Waals surface area contributed by atoms with Crippen LogP contribution in [-0.2, 0) is 10.2 Å². The maximum atomic E-state index is 11.4. The van der Waals surface area contributed by atoms with E-state index in [-0.39, 0.29) is 5.78 Å². The Hall–Kier alpha value is -0.0500. The fourth-order valence-electron chi connectivity index (χ4n) is 1.86. The first-order valence-electron chi connectivity index (χ1n) is 4.55. The Bertz CT molecular complexity index is 430. The number of halogens is 3. The molecule has 0 aliphatic heterocycles. The first-order valence-corrected chi connectivity index (χ1v) is 6.10. The van der Waals surface area contributed by atoms with Gasteiger partial charge in [0.2, 0.25) is 0 Å². The molecular weight excluding hydrogens is 299 g/mol. The molecule has 0 aromatic heterocycles. The van der Waals surface area contributed by atoms with E-state index >= 15 is 0 Å². The standard InChI is InChI=1S/C11H9BrCl2O/c1-10(6-9(15)11(10,13)14)7-3-2-4-8(12)5-7/h2-5H,6H2,1H3. The van der Waals surface area contributed by atoms with Gasteiger partial charge in [-0.1, -0.05) is 58.2 Å². The number of carbonyl (C=O) groups is 1. The summed E-state index contributed by atoms with van der Waals surface area (Å²) in [6.45, 7) is 1.91. The summed E-state index contributed by atoms with van der Waals surface area (Å²) in [5.74, 6) is -0.103. The summed E-state index contributed by atoms with van der Waals surface area (Å²) < 4.78 is -0.321. The van der Waals surface area contributed by atoms with E-state index in [2.05, 4.69) is 15.9 Å². The highest BCUT2D eigenvalue weighted by Gasteiger charge is 2.62. The van der Waals surface area contributed by atoms with Crippen LogP contribution < -0.4 is 0 Å². The topological polar surface area (TPSA) is 17.1 Å². The smallest absolute Gasteiger partial charge is 0.185 e. The Morgan fingerprint density at radius 1 is 1.40 bits per heavy atom. The normalized spacial score (nSPS) is 28.7.